The molecule has 7 aromatic carbocycles. The summed E-state index contributed by atoms with van der Waals surface area (Å²) < 4.78 is 34.7. The van der Waals surface area contributed by atoms with Crippen molar-refractivity contribution in [2.75, 3.05) is 0 Å². The van der Waals surface area contributed by atoms with Gasteiger partial charge < -0.3 is 17.8 Å². The van der Waals surface area contributed by atoms with Crippen molar-refractivity contribution in [3.05, 3.63) is 152 Å². The summed E-state index contributed by atoms with van der Waals surface area (Å²) in [5.41, 5.74) is 6.60. The predicted molar refractivity (Wildman–Crippen MR) is 193 cm³/mol. The Kier molecular flexibility index (Phi) is 5.52. The van der Waals surface area contributed by atoms with E-state index in [0.29, 0.717) is 0 Å². The smallest absolute Gasteiger partial charge is 0.171 e. The number of hydrogen-bond donors (Lipinski definition) is 0. The summed E-state index contributed by atoms with van der Waals surface area (Å²) in [5.74, 6) is 0. The minimum Gasteiger partial charge on any atom is -0.456 e. The van der Waals surface area contributed by atoms with Crippen molar-refractivity contribution in [1.82, 2.24) is 0 Å². The van der Waals surface area contributed by atoms with Crippen molar-refractivity contribution in [3.63, 3.8) is 0 Å². The molecular formula is C42H25O4P. The molecule has 0 bridgehead atoms. The van der Waals surface area contributed by atoms with E-state index in [2.05, 4.69) is 24.3 Å². The van der Waals surface area contributed by atoms with Crippen LogP contribution in [0.25, 0.3) is 76.9 Å². The lowest BCUT2D eigenvalue weighted by atomic mass is 9.97. The third-order valence-corrected chi connectivity index (χ3v) is 12.4. The van der Waals surface area contributed by atoms with Gasteiger partial charge in [0, 0.05) is 48.4 Å². The van der Waals surface area contributed by atoms with Crippen LogP contribution in [0.2, 0.25) is 0 Å². The number of benzene rings is 7. The van der Waals surface area contributed by atoms with Crippen LogP contribution in [0, 0.1) is 0 Å². The molecule has 10 aromatic rings. The number of furan rings is 3. The van der Waals surface area contributed by atoms with Crippen LogP contribution in [0.5, 0.6) is 0 Å². The molecule has 3 heterocycles. The molecular weight excluding hydrogens is 599 g/mol. The van der Waals surface area contributed by atoms with Gasteiger partial charge in [-0.2, -0.15) is 0 Å². The number of fused-ring (bicyclic) bond motifs is 11. The van der Waals surface area contributed by atoms with Gasteiger partial charge in [-0.15, -0.1) is 0 Å². The van der Waals surface area contributed by atoms with E-state index in [1.165, 1.54) is 0 Å². The van der Waals surface area contributed by atoms with Crippen LogP contribution in [0.3, 0.4) is 0 Å². The third kappa shape index (κ3) is 3.74. The minimum absolute atomic E-state index is 0.755. The Morgan fingerprint density at radius 1 is 0.383 bits per heavy atom. The van der Waals surface area contributed by atoms with Gasteiger partial charge in [0.05, 0.1) is 5.39 Å². The van der Waals surface area contributed by atoms with Crippen LogP contribution in [0.1, 0.15) is 0 Å². The minimum atomic E-state index is -3.11. The van der Waals surface area contributed by atoms with Crippen molar-refractivity contribution in [2.45, 2.75) is 0 Å². The van der Waals surface area contributed by atoms with Crippen LogP contribution < -0.4 is 15.9 Å². The van der Waals surface area contributed by atoms with E-state index in [4.69, 9.17) is 13.3 Å². The van der Waals surface area contributed by atoms with E-state index in [1.54, 1.807) is 0 Å². The summed E-state index contributed by atoms with van der Waals surface area (Å²) in [6.45, 7) is 0. The molecule has 47 heavy (non-hydrogen) atoms. The predicted octanol–water partition coefficient (Wildman–Crippen LogP) is 10.7. The first kappa shape index (κ1) is 26.4. The molecule has 10 rings (SSSR count). The van der Waals surface area contributed by atoms with Crippen LogP contribution in [0.4, 0.5) is 0 Å². The van der Waals surface area contributed by atoms with Crippen molar-refractivity contribution in [1.29, 1.82) is 0 Å². The summed E-state index contributed by atoms with van der Waals surface area (Å²) in [5, 5.41) is 8.43. The van der Waals surface area contributed by atoms with Gasteiger partial charge in [-0.1, -0.05) is 121 Å². The monoisotopic (exact) mass is 624 g/mol. The Labute approximate surface area is 268 Å². The van der Waals surface area contributed by atoms with Crippen LogP contribution in [-0.4, -0.2) is 0 Å². The summed E-state index contributed by atoms with van der Waals surface area (Å²) >= 11 is 0. The molecule has 3 aromatic heterocycles. The van der Waals surface area contributed by atoms with E-state index >= 15 is 0 Å². The quantitative estimate of drug-likeness (QED) is 0.183. The number of rotatable bonds is 4. The van der Waals surface area contributed by atoms with E-state index < -0.39 is 7.14 Å². The molecule has 0 aliphatic carbocycles. The zero-order valence-electron chi connectivity index (χ0n) is 25.0. The molecule has 0 saturated heterocycles. The molecule has 0 unspecified atom stereocenters. The second-order valence-corrected chi connectivity index (χ2v) is 14.7. The first-order valence-electron chi connectivity index (χ1n) is 15.6. The van der Waals surface area contributed by atoms with Gasteiger partial charge in [-0.05, 0) is 35.9 Å². The van der Waals surface area contributed by atoms with Crippen LogP contribution in [-0.2, 0) is 4.57 Å². The average Bonchev–Trinajstić information content (AvgIpc) is 3.83. The topological polar surface area (TPSA) is 56.5 Å². The van der Waals surface area contributed by atoms with Gasteiger partial charge in [0.1, 0.15) is 33.5 Å². The van der Waals surface area contributed by atoms with Gasteiger partial charge in [-0.3, -0.25) is 0 Å². The summed E-state index contributed by atoms with van der Waals surface area (Å²) in [6, 6.07) is 50.0. The number of hydrogen-bond acceptors (Lipinski definition) is 4. The highest BCUT2D eigenvalue weighted by molar-refractivity contribution is 7.85. The maximum atomic E-state index is 15.0. The fraction of sp³-hybridized carbons (Fsp3) is 0. The first-order valence-corrected chi connectivity index (χ1v) is 17.3. The lowest BCUT2D eigenvalue weighted by Gasteiger charge is -2.20. The second-order valence-electron chi connectivity index (χ2n) is 11.9. The fourth-order valence-corrected chi connectivity index (χ4v) is 9.85. The molecule has 0 saturated carbocycles. The van der Waals surface area contributed by atoms with E-state index in [-0.39, 0.29) is 0 Å². The van der Waals surface area contributed by atoms with Crippen molar-refractivity contribution in [2.24, 2.45) is 0 Å². The maximum Gasteiger partial charge on any atom is 0.171 e. The largest absolute Gasteiger partial charge is 0.456 e. The van der Waals surface area contributed by atoms with Gasteiger partial charge in [0.25, 0.3) is 0 Å². The normalized spacial score (nSPS) is 12.3. The van der Waals surface area contributed by atoms with E-state index in [1.807, 2.05) is 127 Å². The highest BCUT2D eigenvalue weighted by atomic mass is 31.2. The van der Waals surface area contributed by atoms with E-state index in [9.17, 15) is 4.57 Å². The standard InChI is InChI=1S/C42H25O4P/c43-47(27-11-3-1-4-12-27,28-13-5-2-6-14-28)29-21-19-26(20-22-29)33-25-37-39(38-32-16-8-10-18-35(32)46-42(33)38)40-36(44-37)24-23-31-30-15-7-9-17-34(30)45-41(31)40/h1-25H. The van der Waals surface area contributed by atoms with Crippen molar-refractivity contribution >= 4 is 88.9 Å². The molecule has 0 N–H and O–H groups in total. The molecule has 0 aliphatic rings. The molecule has 0 fully saturated rings. The molecule has 0 aliphatic heterocycles. The zero-order chi connectivity index (χ0) is 31.1. The van der Waals surface area contributed by atoms with Crippen molar-refractivity contribution < 1.29 is 17.8 Å². The molecule has 5 heteroatoms. The Hall–Kier alpha value is -5.83. The fourth-order valence-electron chi connectivity index (χ4n) is 7.20. The van der Waals surface area contributed by atoms with Gasteiger partial charge in [0.2, 0.25) is 0 Å². The lowest BCUT2D eigenvalue weighted by molar-refractivity contribution is 0.592. The van der Waals surface area contributed by atoms with Gasteiger partial charge in [-0.25, -0.2) is 0 Å². The molecule has 0 radical (unpaired) electrons. The molecule has 0 spiro atoms. The Morgan fingerprint density at radius 3 is 1.66 bits per heavy atom. The summed E-state index contributed by atoms with van der Waals surface area (Å²) in [6.07, 6.45) is 0. The average molecular weight is 625 g/mol. The third-order valence-electron chi connectivity index (χ3n) is 9.37. The lowest BCUT2D eigenvalue weighted by Crippen LogP contribution is -2.24. The Bertz CT molecular complexity index is 2810. The Balaban J connectivity index is 1.24. The molecule has 0 atom stereocenters. The Morgan fingerprint density at radius 2 is 0.957 bits per heavy atom. The zero-order valence-corrected chi connectivity index (χ0v) is 25.9. The van der Waals surface area contributed by atoms with Crippen LogP contribution in [0.15, 0.2) is 165 Å². The SMILES string of the molecule is O=P(c1ccccc1)(c1ccccc1)c1ccc(-c2cc3oc4ccc5c6ccccc6oc5c4c3c3c2oc2ccccc23)cc1. The van der Waals surface area contributed by atoms with Gasteiger partial charge >= 0.3 is 0 Å². The number of para-hydroxylation sites is 2. The summed E-state index contributed by atoms with van der Waals surface area (Å²) in [7, 11) is -3.11. The molecule has 4 nitrogen and oxygen atoms in total. The molecule has 0 amide bonds. The van der Waals surface area contributed by atoms with E-state index in [0.717, 1.165) is 92.9 Å². The van der Waals surface area contributed by atoms with Crippen LogP contribution >= 0.6 is 7.14 Å². The summed E-state index contributed by atoms with van der Waals surface area (Å²) in [4.78, 5) is 0. The maximum absolute atomic E-state index is 15.0. The highest BCUT2D eigenvalue weighted by Crippen LogP contribution is 2.48. The molecule has 222 valence electrons. The van der Waals surface area contributed by atoms with Gasteiger partial charge in [0.15, 0.2) is 7.14 Å². The van der Waals surface area contributed by atoms with Crippen molar-refractivity contribution in [3.8, 4) is 11.1 Å². The second kappa shape index (κ2) is 9.83. The highest BCUT2D eigenvalue weighted by Gasteiger charge is 2.30. The first-order chi connectivity index (χ1) is 23.2.